The Morgan fingerprint density at radius 3 is 2.40 bits per heavy atom. The van der Waals surface area contributed by atoms with E-state index in [0.29, 0.717) is 12.5 Å². The maximum atomic E-state index is 5.73. The van der Waals surface area contributed by atoms with Crippen LogP contribution in [0.3, 0.4) is 0 Å². The zero-order valence-electron chi connectivity index (χ0n) is 10.0. The predicted octanol–water partition coefficient (Wildman–Crippen LogP) is 1.06. The van der Waals surface area contributed by atoms with Gasteiger partial charge in [-0.25, -0.2) is 0 Å². The largest absolute Gasteiger partial charge is 0.377 e. The first kappa shape index (κ1) is 12.9. The minimum Gasteiger partial charge on any atom is -0.377 e. The Bertz CT molecular complexity index is 172. The molecular weight excluding hydrogens is 192 g/mol. The number of ether oxygens (including phenoxy) is 2. The quantitative estimate of drug-likeness (QED) is 0.470. The third-order valence-corrected chi connectivity index (χ3v) is 2.67. The molecule has 0 saturated heterocycles. The summed E-state index contributed by atoms with van der Waals surface area (Å²) in [6, 6.07) is 0.111. The summed E-state index contributed by atoms with van der Waals surface area (Å²) < 4.78 is 11.3. The highest BCUT2D eigenvalue weighted by atomic mass is 16.5. The molecule has 0 radical (unpaired) electrons. The summed E-state index contributed by atoms with van der Waals surface area (Å²) in [5.74, 6) is 6.21. The van der Waals surface area contributed by atoms with Crippen LogP contribution in [0.4, 0.5) is 0 Å². The molecule has 15 heavy (non-hydrogen) atoms. The highest BCUT2D eigenvalue weighted by Gasteiger charge is 2.37. The van der Waals surface area contributed by atoms with Gasteiger partial charge in [0, 0.05) is 6.61 Å². The highest BCUT2D eigenvalue weighted by Crippen LogP contribution is 2.35. The molecule has 4 nitrogen and oxygen atoms in total. The molecule has 0 aromatic heterocycles. The summed E-state index contributed by atoms with van der Waals surface area (Å²) >= 11 is 0. The first-order valence-electron chi connectivity index (χ1n) is 5.88. The van der Waals surface area contributed by atoms with Crippen LogP contribution in [0.1, 0.15) is 33.6 Å². The number of hydrogen-bond donors (Lipinski definition) is 2. The second-order valence-electron chi connectivity index (χ2n) is 4.41. The lowest BCUT2D eigenvalue weighted by molar-refractivity contribution is -0.0234. The van der Waals surface area contributed by atoms with Gasteiger partial charge in [-0.3, -0.25) is 11.3 Å². The van der Waals surface area contributed by atoms with Gasteiger partial charge < -0.3 is 9.47 Å². The topological polar surface area (TPSA) is 56.5 Å². The fourth-order valence-corrected chi connectivity index (χ4v) is 1.73. The molecule has 0 bridgehead atoms. The van der Waals surface area contributed by atoms with Crippen molar-refractivity contribution in [2.75, 3.05) is 13.2 Å². The molecule has 4 heteroatoms. The van der Waals surface area contributed by atoms with Crippen molar-refractivity contribution in [2.45, 2.75) is 51.9 Å². The van der Waals surface area contributed by atoms with Crippen LogP contribution in [-0.4, -0.2) is 31.5 Å². The molecule has 1 saturated carbocycles. The van der Waals surface area contributed by atoms with E-state index in [1.807, 2.05) is 20.8 Å². The fraction of sp³-hybridized carbons (Fsp3) is 1.00. The van der Waals surface area contributed by atoms with Crippen LogP contribution in [-0.2, 0) is 9.47 Å². The second kappa shape index (κ2) is 6.43. The van der Waals surface area contributed by atoms with Crippen LogP contribution in [0, 0.1) is 5.92 Å². The Kier molecular flexibility index (Phi) is 5.53. The monoisotopic (exact) mass is 216 g/mol. The van der Waals surface area contributed by atoms with E-state index in [4.69, 9.17) is 15.3 Å². The molecule has 3 N–H and O–H groups in total. The molecule has 0 aromatic rings. The third kappa shape index (κ3) is 4.47. The van der Waals surface area contributed by atoms with E-state index in [0.717, 1.165) is 6.61 Å². The molecule has 0 aromatic carbocycles. The van der Waals surface area contributed by atoms with Gasteiger partial charge in [0.15, 0.2) is 0 Å². The summed E-state index contributed by atoms with van der Waals surface area (Å²) in [5.41, 5.74) is 2.81. The van der Waals surface area contributed by atoms with Crippen molar-refractivity contribution in [3.05, 3.63) is 0 Å². The van der Waals surface area contributed by atoms with Crippen LogP contribution in [0.5, 0.6) is 0 Å². The molecule has 2 atom stereocenters. The molecule has 90 valence electrons. The zero-order valence-corrected chi connectivity index (χ0v) is 10.0. The molecule has 0 spiro atoms. The minimum atomic E-state index is 0.111. The Morgan fingerprint density at radius 1 is 1.33 bits per heavy atom. The van der Waals surface area contributed by atoms with Gasteiger partial charge in [0.2, 0.25) is 0 Å². The van der Waals surface area contributed by atoms with Crippen molar-refractivity contribution >= 4 is 0 Å². The average molecular weight is 216 g/mol. The lowest BCUT2D eigenvalue weighted by Crippen LogP contribution is -2.49. The Hall–Kier alpha value is -0.160. The first-order valence-corrected chi connectivity index (χ1v) is 5.88. The number of hydrogen-bond acceptors (Lipinski definition) is 4. The maximum absolute atomic E-state index is 5.73. The van der Waals surface area contributed by atoms with Crippen molar-refractivity contribution in [1.29, 1.82) is 0 Å². The molecule has 0 aliphatic heterocycles. The van der Waals surface area contributed by atoms with E-state index in [1.165, 1.54) is 12.8 Å². The van der Waals surface area contributed by atoms with Crippen molar-refractivity contribution < 1.29 is 9.47 Å². The molecule has 1 rings (SSSR count). The van der Waals surface area contributed by atoms with E-state index in [9.17, 15) is 0 Å². The average Bonchev–Trinajstić information content (AvgIpc) is 3.00. The van der Waals surface area contributed by atoms with Crippen molar-refractivity contribution in [3.8, 4) is 0 Å². The molecule has 0 amide bonds. The Morgan fingerprint density at radius 2 is 2.00 bits per heavy atom. The predicted molar refractivity (Wildman–Crippen MR) is 60.3 cm³/mol. The Balaban J connectivity index is 2.37. The molecular formula is C11H24N2O2. The van der Waals surface area contributed by atoms with Crippen LogP contribution in [0.2, 0.25) is 0 Å². The van der Waals surface area contributed by atoms with Gasteiger partial charge in [-0.2, -0.15) is 0 Å². The van der Waals surface area contributed by atoms with Gasteiger partial charge >= 0.3 is 0 Å². The van der Waals surface area contributed by atoms with Gasteiger partial charge in [0.1, 0.15) is 0 Å². The van der Waals surface area contributed by atoms with Crippen LogP contribution < -0.4 is 11.3 Å². The molecule has 1 aliphatic rings. The standard InChI is InChI=1S/C11H24N2O2/c1-4-14-11(9-5-6-9)10(13-12)7-15-8(2)3/h8-11,13H,4-7,12H2,1-3H3. The highest BCUT2D eigenvalue weighted by molar-refractivity contribution is 4.89. The summed E-state index contributed by atoms with van der Waals surface area (Å²) in [6.07, 6.45) is 2.95. The number of rotatable bonds is 8. The smallest absolute Gasteiger partial charge is 0.0791 e. The molecule has 1 aliphatic carbocycles. The molecule has 1 fully saturated rings. The van der Waals surface area contributed by atoms with Gasteiger partial charge in [-0.05, 0) is 39.5 Å². The lowest BCUT2D eigenvalue weighted by Gasteiger charge is -2.27. The summed E-state index contributed by atoms with van der Waals surface area (Å²) in [7, 11) is 0. The van der Waals surface area contributed by atoms with E-state index in [1.54, 1.807) is 0 Å². The van der Waals surface area contributed by atoms with Gasteiger partial charge in [0.25, 0.3) is 0 Å². The van der Waals surface area contributed by atoms with Crippen molar-refractivity contribution in [1.82, 2.24) is 5.43 Å². The summed E-state index contributed by atoms with van der Waals surface area (Å²) in [4.78, 5) is 0. The second-order valence-corrected chi connectivity index (χ2v) is 4.41. The Labute approximate surface area is 92.5 Å². The van der Waals surface area contributed by atoms with Gasteiger partial charge in [-0.15, -0.1) is 0 Å². The molecule has 2 unspecified atom stereocenters. The first-order chi connectivity index (χ1) is 7.19. The maximum Gasteiger partial charge on any atom is 0.0791 e. The summed E-state index contributed by atoms with van der Waals surface area (Å²) in [5, 5.41) is 0. The number of nitrogens with one attached hydrogen (secondary N) is 1. The number of nitrogens with two attached hydrogens (primary N) is 1. The van der Waals surface area contributed by atoms with Crippen LogP contribution >= 0.6 is 0 Å². The minimum absolute atomic E-state index is 0.111. The van der Waals surface area contributed by atoms with E-state index < -0.39 is 0 Å². The van der Waals surface area contributed by atoms with Gasteiger partial charge in [0.05, 0.1) is 24.9 Å². The summed E-state index contributed by atoms with van der Waals surface area (Å²) in [6.45, 7) is 7.43. The van der Waals surface area contributed by atoms with Crippen LogP contribution in [0.25, 0.3) is 0 Å². The van der Waals surface area contributed by atoms with Crippen LogP contribution in [0.15, 0.2) is 0 Å². The van der Waals surface area contributed by atoms with E-state index in [-0.39, 0.29) is 18.2 Å². The third-order valence-electron chi connectivity index (χ3n) is 2.67. The van der Waals surface area contributed by atoms with E-state index in [2.05, 4.69) is 5.43 Å². The zero-order chi connectivity index (χ0) is 11.3. The lowest BCUT2D eigenvalue weighted by atomic mass is 10.1. The van der Waals surface area contributed by atoms with Crippen molar-refractivity contribution in [2.24, 2.45) is 11.8 Å². The SMILES string of the molecule is CCOC(C1CC1)C(COC(C)C)NN. The van der Waals surface area contributed by atoms with Crippen molar-refractivity contribution in [3.63, 3.8) is 0 Å². The fourth-order valence-electron chi connectivity index (χ4n) is 1.73. The van der Waals surface area contributed by atoms with E-state index >= 15 is 0 Å². The normalized spacial score (nSPS) is 20.6. The molecule has 0 heterocycles. The van der Waals surface area contributed by atoms with Gasteiger partial charge in [-0.1, -0.05) is 0 Å². The number of hydrazine groups is 1.